The van der Waals surface area contributed by atoms with Gasteiger partial charge in [0.15, 0.2) is 0 Å². The van der Waals surface area contributed by atoms with Crippen LogP contribution in [0.5, 0.6) is 0 Å². The van der Waals surface area contributed by atoms with E-state index in [-0.39, 0.29) is 11.4 Å². The third-order valence-corrected chi connectivity index (χ3v) is 1.74. The van der Waals surface area contributed by atoms with Gasteiger partial charge in [-0.3, -0.25) is 10.1 Å². The lowest BCUT2D eigenvalue weighted by Gasteiger charge is -2.08. The number of hydrogen-bond acceptors (Lipinski definition) is 5. The third-order valence-electron chi connectivity index (χ3n) is 1.74. The van der Waals surface area contributed by atoms with Crippen LogP contribution in [0.15, 0.2) is 29.4 Å². The second kappa shape index (κ2) is 5.01. The lowest BCUT2D eigenvalue weighted by atomic mass is 10.3. The first-order chi connectivity index (χ1) is 7.91. The van der Waals surface area contributed by atoms with Crippen LogP contribution in [0.4, 0.5) is 11.4 Å². The molecule has 0 atom stereocenters. The molecule has 1 aromatic rings. The number of nitro benzene ring substituents is 1. The molecule has 0 N–H and O–H groups in total. The average Bonchev–Trinajstić information content (AvgIpc) is 2.25. The van der Waals surface area contributed by atoms with Crippen LogP contribution in [0.3, 0.4) is 0 Å². The van der Waals surface area contributed by atoms with Crippen LogP contribution < -0.4 is 5.12 Å². The zero-order valence-electron chi connectivity index (χ0n) is 9.23. The number of hydrogen-bond donors (Lipinski definition) is 0. The van der Waals surface area contributed by atoms with Gasteiger partial charge in [0.25, 0.3) is 5.69 Å². The second-order valence-corrected chi connectivity index (χ2v) is 3.35. The topological polar surface area (TPSA) is 102 Å². The average molecular weight is 238 g/mol. The Balaban J connectivity index is 3.08. The summed E-state index contributed by atoms with van der Waals surface area (Å²) in [6.07, 6.45) is 0. The molecule has 1 aromatic carbocycles. The lowest BCUT2D eigenvalue weighted by molar-refractivity contribution is -0.495. The predicted octanol–water partition coefficient (Wildman–Crippen LogP) is 1.99. The van der Waals surface area contributed by atoms with Crippen LogP contribution in [0.25, 0.3) is 0 Å². The predicted molar refractivity (Wildman–Crippen MR) is 61.4 cm³/mol. The first-order valence-electron chi connectivity index (χ1n) is 4.62. The van der Waals surface area contributed by atoms with Crippen molar-refractivity contribution >= 4 is 17.1 Å². The maximum absolute atomic E-state index is 10.7. The summed E-state index contributed by atoms with van der Waals surface area (Å²) >= 11 is 0. The molecule has 0 unspecified atom stereocenters. The van der Waals surface area contributed by atoms with E-state index in [2.05, 4.69) is 5.10 Å². The molecule has 0 radical (unpaired) electrons. The molecule has 0 aliphatic rings. The summed E-state index contributed by atoms with van der Waals surface area (Å²) in [7, 11) is 0. The maximum Gasteiger partial charge on any atom is 0.269 e. The highest BCUT2D eigenvalue weighted by Gasteiger charge is 2.17. The summed E-state index contributed by atoms with van der Waals surface area (Å²) in [6, 6.07) is 4.92. The summed E-state index contributed by atoms with van der Waals surface area (Å²) < 4.78 is 0. The Kier molecular flexibility index (Phi) is 3.70. The number of hydrazone groups is 1. The van der Waals surface area contributed by atoms with Crippen LogP contribution in [0.1, 0.15) is 13.8 Å². The Bertz CT molecular complexity index is 464. The summed E-state index contributed by atoms with van der Waals surface area (Å²) in [5.74, 6) is 0. The monoisotopic (exact) mass is 238 g/mol. The van der Waals surface area contributed by atoms with Crippen molar-refractivity contribution in [2.45, 2.75) is 13.8 Å². The molecular weight excluding hydrogens is 228 g/mol. The van der Waals surface area contributed by atoms with Gasteiger partial charge in [-0.05, 0) is 12.1 Å². The number of nitro groups is 2. The quantitative estimate of drug-likeness (QED) is 0.453. The Morgan fingerprint density at radius 1 is 1.18 bits per heavy atom. The highest BCUT2D eigenvalue weighted by Crippen LogP contribution is 2.19. The summed E-state index contributed by atoms with van der Waals surface area (Å²) in [5.41, 5.74) is 0.524. The fraction of sp³-hybridized carbons (Fsp3) is 0.222. The van der Waals surface area contributed by atoms with E-state index in [9.17, 15) is 20.2 Å². The molecule has 0 saturated heterocycles. The van der Waals surface area contributed by atoms with Gasteiger partial charge in [0, 0.05) is 36.2 Å². The minimum Gasteiger partial charge on any atom is -0.339 e. The van der Waals surface area contributed by atoms with Crippen molar-refractivity contribution in [3.05, 3.63) is 44.5 Å². The van der Waals surface area contributed by atoms with Gasteiger partial charge in [-0.1, -0.05) is 0 Å². The number of rotatable bonds is 4. The minimum atomic E-state index is -0.700. The molecule has 1 rings (SSSR count). The molecule has 0 saturated carbocycles. The smallest absolute Gasteiger partial charge is 0.269 e. The molecule has 0 fully saturated rings. The maximum atomic E-state index is 10.7. The van der Waals surface area contributed by atoms with E-state index >= 15 is 0 Å². The van der Waals surface area contributed by atoms with Crippen LogP contribution in [-0.2, 0) is 0 Å². The highest BCUT2D eigenvalue weighted by molar-refractivity contribution is 5.79. The Labute approximate surface area is 96.4 Å². The van der Waals surface area contributed by atoms with Crippen molar-refractivity contribution in [2.75, 3.05) is 5.12 Å². The van der Waals surface area contributed by atoms with Crippen molar-refractivity contribution in [1.82, 2.24) is 0 Å². The number of hydrazine groups is 1. The Hall–Kier alpha value is -2.51. The van der Waals surface area contributed by atoms with E-state index in [1.54, 1.807) is 13.8 Å². The zero-order chi connectivity index (χ0) is 13.0. The fourth-order valence-corrected chi connectivity index (χ4v) is 1.09. The van der Waals surface area contributed by atoms with Crippen LogP contribution in [-0.4, -0.2) is 15.7 Å². The fourth-order valence-electron chi connectivity index (χ4n) is 1.09. The number of nitrogens with zero attached hydrogens (tertiary/aromatic N) is 4. The van der Waals surface area contributed by atoms with E-state index < -0.39 is 9.96 Å². The van der Waals surface area contributed by atoms with Crippen molar-refractivity contribution in [1.29, 1.82) is 0 Å². The lowest BCUT2D eigenvalue weighted by Crippen LogP contribution is -2.24. The molecule has 8 nitrogen and oxygen atoms in total. The van der Waals surface area contributed by atoms with Crippen molar-refractivity contribution < 1.29 is 9.96 Å². The summed E-state index contributed by atoms with van der Waals surface area (Å²) in [4.78, 5) is 20.6. The van der Waals surface area contributed by atoms with Gasteiger partial charge in [-0.25, -0.2) is 0 Å². The first kappa shape index (κ1) is 12.6. The molecule has 0 bridgehead atoms. The van der Waals surface area contributed by atoms with E-state index in [0.29, 0.717) is 10.8 Å². The SMILES string of the molecule is CC(C)=NN(c1ccc([N+](=O)[O-])cc1)[N+](=O)[O-]. The Morgan fingerprint density at radius 2 is 1.71 bits per heavy atom. The molecule has 0 amide bonds. The molecule has 0 aliphatic heterocycles. The van der Waals surface area contributed by atoms with Crippen LogP contribution in [0.2, 0.25) is 0 Å². The highest BCUT2D eigenvalue weighted by atomic mass is 16.7. The molecule has 8 heteroatoms. The largest absolute Gasteiger partial charge is 0.339 e. The van der Waals surface area contributed by atoms with Gasteiger partial charge in [-0.2, -0.15) is 0 Å². The van der Waals surface area contributed by atoms with Gasteiger partial charge in [0.05, 0.1) is 9.96 Å². The molecule has 0 heterocycles. The normalized spacial score (nSPS) is 9.53. The zero-order valence-corrected chi connectivity index (χ0v) is 9.23. The van der Waals surface area contributed by atoms with Gasteiger partial charge in [0.1, 0.15) is 11.4 Å². The van der Waals surface area contributed by atoms with Crippen molar-refractivity contribution in [3.63, 3.8) is 0 Å². The van der Waals surface area contributed by atoms with Gasteiger partial charge in [-0.15, -0.1) is 0 Å². The molecule has 0 spiro atoms. The van der Waals surface area contributed by atoms with E-state index in [1.807, 2.05) is 0 Å². The standard InChI is InChI=1S/C9H10N4O4/c1-7(2)10-11(13(16)17)8-3-5-9(6-4-8)12(14)15/h3-6H,1-2H3. The third kappa shape index (κ3) is 3.23. The molecule has 17 heavy (non-hydrogen) atoms. The summed E-state index contributed by atoms with van der Waals surface area (Å²) in [6.45, 7) is 3.23. The van der Waals surface area contributed by atoms with Crippen molar-refractivity contribution in [2.24, 2.45) is 5.10 Å². The Morgan fingerprint density at radius 3 is 2.06 bits per heavy atom. The molecule has 0 aliphatic carbocycles. The van der Waals surface area contributed by atoms with Crippen LogP contribution in [0, 0.1) is 20.2 Å². The van der Waals surface area contributed by atoms with Crippen molar-refractivity contribution in [3.8, 4) is 0 Å². The second-order valence-electron chi connectivity index (χ2n) is 3.35. The first-order valence-corrected chi connectivity index (χ1v) is 4.62. The number of anilines is 1. The minimum absolute atomic E-state index is 0.130. The summed E-state index contributed by atoms with van der Waals surface area (Å²) in [5, 5.41) is 24.7. The van der Waals surface area contributed by atoms with E-state index in [0.717, 1.165) is 0 Å². The van der Waals surface area contributed by atoms with Gasteiger partial charge >= 0.3 is 0 Å². The number of benzene rings is 1. The molecule has 90 valence electrons. The number of non-ortho nitro benzene ring substituents is 1. The molecule has 0 aromatic heterocycles. The van der Waals surface area contributed by atoms with E-state index in [1.165, 1.54) is 24.3 Å². The van der Waals surface area contributed by atoms with Crippen LogP contribution >= 0.6 is 0 Å². The molecular formula is C9H10N4O4. The van der Waals surface area contributed by atoms with Gasteiger partial charge < -0.3 is 10.1 Å². The van der Waals surface area contributed by atoms with Gasteiger partial charge in [0.2, 0.25) is 0 Å². The van der Waals surface area contributed by atoms with E-state index in [4.69, 9.17) is 0 Å².